The molecule has 0 aliphatic heterocycles. The van der Waals surface area contributed by atoms with Gasteiger partial charge in [-0.2, -0.15) is 0 Å². The van der Waals surface area contributed by atoms with Crippen molar-refractivity contribution in [1.82, 2.24) is 5.32 Å². The average Bonchev–Trinajstić information content (AvgIpc) is 2.46. The molecule has 2 aromatic carbocycles. The lowest BCUT2D eigenvalue weighted by Crippen LogP contribution is -2.37. The largest absolute Gasteiger partial charge is 0.329 e. The van der Waals surface area contributed by atoms with Crippen LogP contribution in [0.1, 0.15) is 11.1 Å². The number of hydrogen-bond acceptors (Lipinski definition) is 2. The summed E-state index contributed by atoms with van der Waals surface area (Å²) in [6.07, 6.45) is 0.917. The minimum Gasteiger partial charge on any atom is -0.329 e. The summed E-state index contributed by atoms with van der Waals surface area (Å²) in [4.78, 5) is 0. The molecule has 0 fully saturated rings. The van der Waals surface area contributed by atoms with Gasteiger partial charge < -0.3 is 11.1 Å². The van der Waals surface area contributed by atoms with Crippen molar-refractivity contribution in [2.45, 2.75) is 19.0 Å². The molecule has 19 heavy (non-hydrogen) atoms. The van der Waals surface area contributed by atoms with Crippen molar-refractivity contribution >= 4 is 11.6 Å². The maximum atomic E-state index is 5.88. The molecule has 100 valence electrons. The third-order valence-corrected chi connectivity index (χ3v) is 3.37. The van der Waals surface area contributed by atoms with E-state index < -0.39 is 0 Å². The van der Waals surface area contributed by atoms with Crippen molar-refractivity contribution in [2.75, 3.05) is 6.54 Å². The Hall–Kier alpha value is -1.35. The Morgan fingerprint density at radius 1 is 0.947 bits per heavy atom. The predicted octanol–water partition coefficient (Wildman–Crippen LogP) is 3.00. The molecule has 0 amide bonds. The Bertz CT molecular complexity index is 482. The first-order valence-corrected chi connectivity index (χ1v) is 6.87. The molecule has 2 nitrogen and oxygen atoms in total. The van der Waals surface area contributed by atoms with Gasteiger partial charge in [0, 0.05) is 24.2 Å². The second kappa shape index (κ2) is 7.29. The van der Waals surface area contributed by atoms with Crippen LogP contribution in [0.15, 0.2) is 54.6 Å². The van der Waals surface area contributed by atoms with Gasteiger partial charge in [0.15, 0.2) is 0 Å². The van der Waals surface area contributed by atoms with Gasteiger partial charge in [-0.25, -0.2) is 0 Å². The molecule has 1 atom stereocenters. The summed E-state index contributed by atoms with van der Waals surface area (Å²) in [6.45, 7) is 1.46. The van der Waals surface area contributed by atoms with Crippen LogP contribution in [0.25, 0.3) is 0 Å². The fourth-order valence-electron chi connectivity index (χ4n) is 2.00. The van der Waals surface area contributed by atoms with Gasteiger partial charge in [0.2, 0.25) is 0 Å². The summed E-state index contributed by atoms with van der Waals surface area (Å²) in [5.41, 5.74) is 8.35. The van der Waals surface area contributed by atoms with E-state index in [-0.39, 0.29) is 6.04 Å². The molecule has 0 saturated carbocycles. The molecule has 2 aromatic rings. The first-order valence-electron chi connectivity index (χ1n) is 6.50. The van der Waals surface area contributed by atoms with Crippen LogP contribution >= 0.6 is 11.6 Å². The standard InChI is InChI=1S/C16H19ClN2/c17-15-8-6-13(7-9-15)10-16(11-18)19-12-14-4-2-1-3-5-14/h1-9,16,19H,10-12,18H2. The van der Waals surface area contributed by atoms with Gasteiger partial charge in [-0.3, -0.25) is 0 Å². The fourth-order valence-corrected chi connectivity index (χ4v) is 2.13. The van der Waals surface area contributed by atoms with E-state index in [4.69, 9.17) is 17.3 Å². The highest BCUT2D eigenvalue weighted by atomic mass is 35.5. The summed E-state index contributed by atoms with van der Waals surface area (Å²) >= 11 is 5.88. The lowest BCUT2D eigenvalue weighted by Gasteiger charge is -2.17. The summed E-state index contributed by atoms with van der Waals surface area (Å²) in [6, 6.07) is 18.6. The van der Waals surface area contributed by atoms with E-state index in [0.29, 0.717) is 6.54 Å². The quantitative estimate of drug-likeness (QED) is 0.850. The van der Waals surface area contributed by atoms with Gasteiger partial charge in [0.1, 0.15) is 0 Å². The van der Waals surface area contributed by atoms with Crippen LogP contribution in [0.5, 0.6) is 0 Å². The van der Waals surface area contributed by atoms with Crippen molar-refractivity contribution in [1.29, 1.82) is 0 Å². The maximum Gasteiger partial charge on any atom is 0.0406 e. The second-order valence-electron chi connectivity index (χ2n) is 4.63. The summed E-state index contributed by atoms with van der Waals surface area (Å²) in [5.74, 6) is 0. The van der Waals surface area contributed by atoms with Crippen LogP contribution in [0.4, 0.5) is 0 Å². The third-order valence-electron chi connectivity index (χ3n) is 3.12. The Kier molecular flexibility index (Phi) is 5.40. The first kappa shape index (κ1) is 14.1. The molecule has 0 spiro atoms. The topological polar surface area (TPSA) is 38.0 Å². The predicted molar refractivity (Wildman–Crippen MR) is 81.3 cm³/mol. The fraction of sp³-hybridized carbons (Fsp3) is 0.250. The second-order valence-corrected chi connectivity index (χ2v) is 5.07. The first-order chi connectivity index (χ1) is 9.28. The molecule has 0 heterocycles. The molecular weight excluding hydrogens is 256 g/mol. The van der Waals surface area contributed by atoms with Crippen molar-refractivity contribution < 1.29 is 0 Å². The minimum atomic E-state index is 0.279. The third kappa shape index (κ3) is 4.67. The van der Waals surface area contributed by atoms with E-state index in [9.17, 15) is 0 Å². The average molecular weight is 275 g/mol. The summed E-state index contributed by atoms with van der Waals surface area (Å²) in [5, 5.41) is 4.26. The molecule has 0 bridgehead atoms. The highest BCUT2D eigenvalue weighted by molar-refractivity contribution is 6.30. The maximum absolute atomic E-state index is 5.88. The molecule has 0 aliphatic rings. The van der Waals surface area contributed by atoms with Crippen LogP contribution in [-0.4, -0.2) is 12.6 Å². The smallest absolute Gasteiger partial charge is 0.0406 e. The van der Waals surface area contributed by atoms with Crippen molar-refractivity contribution in [2.24, 2.45) is 5.73 Å². The van der Waals surface area contributed by atoms with Crippen molar-refractivity contribution in [3.05, 3.63) is 70.7 Å². The molecule has 0 aromatic heterocycles. The molecular formula is C16H19ClN2. The SMILES string of the molecule is NCC(Cc1ccc(Cl)cc1)NCc1ccccc1. The zero-order chi connectivity index (χ0) is 13.5. The van der Waals surface area contributed by atoms with Gasteiger partial charge >= 0.3 is 0 Å². The Morgan fingerprint density at radius 3 is 2.26 bits per heavy atom. The Balaban J connectivity index is 1.88. The lowest BCUT2D eigenvalue weighted by atomic mass is 10.1. The normalized spacial score (nSPS) is 12.3. The highest BCUT2D eigenvalue weighted by Gasteiger charge is 2.07. The number of hydrogen-bond donors (Lipinski definition) is 2. The summed E-state index contributed by atoms with van der Waals surface area (Å²) < 4.78 is 0. The number of nitrogens with two attached hydrogens (primary N) is 1. The van der Waals surface area contributed by atoms with Gasteiger partial charge in [0.25, 0.3) is 0 Å². The van der Waals surface area contributed by atoms with E-state index in [1.54, 1.807) is 0 Å². The number of benzene rings is 2. The Morgan fingerprint density at radius 2 is 1.63 bits per heavy atom. The van der Waals surface area contributed by atoms with Crippen molar-refractivity contribution in [3.63, 3.8) is 0 Å². The number of rotatable bonds is 6. The van der Waals surface area contributed by atoms with Gasteiger partial charge in [-0.1, -0.05) is 54.1 Å². The number of halogens is 1. The lowest BCUT2D eigenvalue weighted by molar-refractivity contribution is 0.515. The van der Waals surface area contributed by atoms with E-state index in [1.807, 2.05) is 30.3 Å². The molecule has 2 rings (SSSR count). The van der Waals surface area contributed by atoms with Crippen LogP contribution in [0.2, 0.25) is 5.02 Å². The molecule has 0 radical (unpaired) electrons. The van der Waals surface area contributed by atoms with Gasteiger partial charge in [-0.15, -0.1) is 0 Å². The Labute approximate surface area is 119 Å². The van der Waals surface area contributed by atoms with E-state index in [0.717, 1.165) is 18.0 Å². The molecule has 0 aliphatic carbocycles. The molecule has 1 unspecified atom stereocenters. The minimum absolute atomic E-state index is 0.279. The van der Waals surface area contributed by atoms with E-state index in [1.165, 1.54) is 11.1 Å². The number of nitrogens with one attached hydrogen (secondary N) is 1. The van der Waals surface area contributed by atoms with Gasteiger partial charge in [0.05, 0.1) is 0 Å². The van der Waals surface area contributed by atoms with E-state index in [2.05, 4.69) is 29.6 Å². The highest BCUT2D eigenvalue weighted by Crippen LogP contribution is 2.11. The van der Waals surface area contributed by atoms with Crippen LogP contribution in [-0.2, 0) is 13.0 Å². The zero-order valence-corrected chi connectivity index (χ0v) is 11.6. The molecule has 3 heteroatoms. The van der Waals surface area contributed by atoms with Crippen LogP contribution in [0.3, 0.4) is 0 Å². The van der Waals surface area contributed by atoms with E-state index >= 15 is 0 Å². The summed E-state index contributed by atoms with van der Waals surface area (Å²) in [7, 11) is 0. The van der Waals surface area contributed by atoms with Crippen molar-refractivity contribution in [3.8, 4) is 0 Å². The molecule has 0 saturated heterocycles. The monoisotopic (exact) mass is 274 g/mol. The van der Waals surface area contributed by atoms with Gasteiger partial charge in [-0.05, 0) is 29.7 Å². The van der Waals surface area contributed by atoms with Crippen LogP contribution in [0, 0.1) is 0 Å². The van der Waals surface area contributed by atoms with Crippen LogP contribution < -0.4 is 11.1 Å². The zero-order valence-electron chi connectivity index (χ0n) is 10.9. The molecule has 3 N–H and O–H groups in total.